The predicted molar refractivity (Wildman–Crippen MR) is 84.8 cm³/mol. The second-order valence-electron chi connectivity index (χ2n) is 5.38. The number of rotatable bonds is 0. The molecule has 4 heteroatoms. The van der Waals surface area contributed by atoms with E-state index in [0.717, 1.165) is 18.6 Å². The summed E-state index contributed by atoms with van der Waals surface area (Å²) in [5.74, 6) is -2.79. The molecule has 0 unspecified atom stereocenters. The van der Waals surface area contributed by atoms with E-state index in [4.69, 9.17) is 5.11 Å². The third-order valence-electron chi connectivity index (χ3n) is 2.63. The van der Waals surface area contributed by atoms with Gasteiger partial charge in [-0.25, -0.2) is 8.78 Å². The van der Waals surface area contributed by atoms with E-state index in [1.807, 2.05) is 0 Å². The zero-order valence-electron chi connectivity index (χ0n) is 13.1. The fourth-order valence-corrected chi connectivity index (χ4v) is 1.68. The quantitative estimate of drug-likeness (QED) is 0.622. The van der Waals surface area contributed by atoms with Crippen molar-refractivity contribution in [3.05, 3.63) is 71.3 Å². The average molecular weight is 383 g/mol. The van der Waals surface area contributed by atoms with Crippen molar-refractivity contribution in [3.63, 3.8) is 0 Å². The van der Waals surface area contributed by atoms with Crippen molar-refractivity contribution in [3.8, 4) is 5.75 Å². The number of benzene rings is 2. The minimum absolute atomic E-state index is 0.543. The summed E-state index contributed by atoms with van der Waals surface area (Å²) in [6.45, 7) is 0. The van der Waals surface area contributed by atoms with Gasteiger partial charge in [-0.3, -0.25) is 0 Å². The van der Waals surface area contributed by atoms with Crippen molar-refractivity contribution in [2.45, 2.75) is 20.3 Å². The summed E-state index contributed by atoms with van der Waals surface area (Å²) < 4.78 is 31.3. The van der Waals surface area contributed by atoms with Crippen molar-refractivity contribution in [2.75, 3.05) is 0 Å². The van der Waals surface area contributed by atoms with Gasteiger partial charge in [0.05, 0.1) is 0 Å². The van der Waals surface area contributed by atoms with Gasteiger partial charge in [0.25, 0.3) is 0 Å². The van der Waals surface area contributed by atoms with E-state index in [2.05, 4.69) is 50.3 Å². The van der Waals surface area contributed by atoms with Gasteiger partial charge in [-0.1, -0.05) is 42.5 Å². The van der Waals surface area contributed by atoms with Gasteiger partial charge >= 0.3 is 35.6 Å². The molecule has 0 fully saturated rings. The summed E-state index contributed by atoms with van der Waals surface area (Å²) in [6.07, 6.45) is 5.50. The van der Waals surface area contributed by atoms with Gasteiger partial charge in [-0.15, -0.1) is 0 Å². The van der Waals surface area contributed by atoms with Crippen LogP contribution in [0.15, 0.2) is 48.5 Å². The first-order valence-corrected chi connectivity index (χ1v) is 14.4. The molecule has 2 aromatic carbocycles. The van der Waals surface area contributed by atoms with Crippen molar-refractivity contribution >= 4 is 6.08 Å². The van der Waals surface area contributed by atoms with Gasteiger partial charge in [-0.2, -0.15) is 0 Å². The third kappa shape index (κ3) is 6.66. The first-order chi connectivity index (χ1) is 10.4. The molecule has 3 rings (SSSR count). The Morgan fingerprint density at radius 1 is 0.909 bits per heavy atom. The molecule has 1 nitrogen and oxygen atoms in total. The van der Waals surface area contributed by atoms with E-state index in [1.165, 1.54) is 17.2 Å². The maximum absolute atomic E-state index is 12.1. The Bertz CT molecular complexity index is 601. The number of allylic oxidation sites excluding steroid dienone is 1. The number of hydrogen-bond donors (Lipinski definition) is 1. The van der Waals surface area contributed by atoms with Gasteiger partial charge < -0.3 is 5.11 Å². The molecule has 0 spiro atoms. The van der Waals surface area contributed by atoms with E-state index in [9.17, 15) is 8.78 Å². The molecule has 2 aromatic rings. The molecule has 1 aliphatic rings. The summed E-state index contributed by atoms with van der Waals surface area (Å²) >= 11 is -0.543. The number of fused-ring (bicyclic) bond motifs is 1. The van der Waals surface area contributed by atoms with E-state index >= 15 is 0 Å². The van der Waals surface area contributed by atoms with Crippen LogP contribution in [0.5, 0.6) is 5.75 Å². The van der Waals surface area contributed by atoms with Crippen LogP contribution in [0.4, 0.5) is 8.78 Å². The van der Waals surface area contributed by atoms with Crippen LogP contribution < -0.4 is 0 Å². The topological polar surface area (TPSA) is 20.2 Å². The number of hydrogen-bond acceptors (Lipinski definition) is 1. The van der Waals surface area contributed by atoms with Gasteiger partial charge in [0.15, 0.2) is 17.4 Å². The Kier molecular flexibility index (Phi) is 8.26. The molecule has 22 heavy (non-hydrogen) atoms. The van der Waals surface area contributed by atoms with Gasteiger partial charge in [-0.05, 0) is 29.7 Å². The molecule has 0 bridgehead atoms. The second-order valence-corrected chi connectivity index (χ2v) is 12.7. The molecular weight excluding hydrogens is 361 g/mol. The number of para-hydroxylation sites is 1. The number of phenolic OH excluding ortho intramolecular Hbond substituents is 1. The summed E-state index contributed by atoms with van der Waals surface area (Å²) in [4.78, 5) is 0. The molecule has 1 aliphatic carbocycles. The Morgan fingerprint density at radius 3 is 1.95 bits per heavy atom. The molecule has 0 saturated carbocycles. The maximum atomic E-state index is 12.1. The van der Waals surface area contributed by atoms with Gasteiger partial charge in [0.1, 0.15) is 0 Å². The van der Waals surface area contributed by atoms with E-state index in [-0.39, 0.29) is 0 Å². The van der Waals surface area contributed by atoms with Crippen LogP contribution in [0.1, 0.15) is 11.1 Å². The van der Waals surface area contributed by atoms with Crippen molar-refractivity contribution in [1.29, 1.82) is 0 Å². The van der Waals surface area contributed by atoms with Gasteiger partial charge in [0.2, 0.25) is 0 Å². The summed E-state index contributed by atoms with van der Waals surface area (Å²) in [5, 5.41) is 8.46. The Morgan fingerprint density at radius 2 is 1.45 bits per heavy atom. The van der Waals surface area contributed by atoms with Crippen LogP contribution >= 0.6 is 0 Å². The molecule has 0 amide bonds. The molecule has 0 heterocycles. The van der Waals surface area contributed by atoms with E-state index < -0.39 is 39.1 Å². The number of halogens is 2. The van der Waals surface area contributed by atoms with Crippen LogP contribution in [-0.4, -0.2) is 5.11 Å². The molecule has 0 aromatic heterocycles. The second kappa shape index (κ2) is 9.68. The van der Waals surface area contributed by atoms with Gasteiger partial charge in [0, 0.05) is 0 Å². The van der Waals surface area contributed by atoms with Crippen LogP contribution in [0.25, 0.3) is 6.08 Å². The first kappa shape index (κ1) is 18.8. The zero-order valence-corrected chi connectivity index (χ0v) is 15.6. The number of phenols is 1. The molecule has 0 radical (unpaired) electrons. The average Bonchev–Trinajstić information content (AvgIpc) is 2.93. The third-order valence-corrected chi connectivity index (χ3v) is 2.63. The van der Waals surface area contributed by atoms with Crippen molar-refractivity contribution in [2.24, 2.45) is 0 Å². The molecule has 1 N–H and O–H groups in total. The Hall–Kier alpha value is -1.28. The Balaban J connectivity index is 0.000000179. The predicted octanol–water partition coefficient (Wildman–Crippen LogP) is 5.68. The summed E-state index contributed by atoms with van der Waals surface area (Å²) in [6, 6.07) is 11.6. The van der Waals surface area contributed by atoms with Crippen LogP contribution in [0.3, 0.4) is 0 Å². The van der Waals surface area contributed by atoms with Crippen molar-refractivity contribution < 1.29 is 35.6 Å². The molecule has 0 aliphatic heterocycles. The fourth-order valence-electron chi connectivity index (χ4n) is 1.68. The first-order valence-electron chi connectivity index (χ1n) is 7.06. The summed E-state index contributed by atoms with van der Waals surface area (Å²) in [7, 11) is 0. The van der Waals surface area contributed by atoms with Crippen molar-refractivity contribution in [1.82, 2.24) is 0 Å². The molecule has 0 saturated heterocycles. The van der Waals surface area contributed by atoms with Crippen LogP contribution in [0, 0.1) is 11.6 Å². The summed E-state index contributed by atoms with van der Waals surface area (Å²) in [5.41, 5.74) is 2.84. The minimum atomic E-state index is -0.935. The SMILES string of the molecule is C1=Cc2ccccc2C1.Oc1c(F)cccc1F.[CH3][Zr]([CH3])[CH3]. The number of aromatic hydroxyl groups is 1. The standard InChI is InChI=1S/C9H8.C6H4F2O.3CH3.Zr/c1-2-5-9-7-3-6-8(9)4-1;7-4-2-1-3-5(8)6(4)9;;;;/h1-6H,7H2;1-3,9H;3*1H3;. The van der Waals surface area contributed by atoms with Crippen LogP contribution in [0.2, 0.25) is 13.9 Å². The fraction of sp³-hybridized carbons (Fsp3) is 0.222. The zero-order chi connectivity index (χ0) is 16.5. The van der Waals surface area contributed by atoms with Crippen LogP contribution in [-0.2, 0) is 28.2 Å². The monoisotopic (exact) mass is 381 g/mol. The van der Waals surface area contributed by atoms with E-state index in [1.54, 1.807) is 0 Å². The molecular formula is C18H21F2OZr. The molecule has 117 valence electrons. The normalized spacial score (nSPS) is 10.8. The Labute approximate surface area is 139 Å². The molecule has 0 atom stereocenters. The van der Waals surface area contributed by atoms with E-state index in [0.29, 0.717) is 0 Å².